The van der Waals surface area contributed by atoms with E-state index >= 15 is 0 Å². The maximum absolute atomic E-state index is 12.7. The molecule has 1 N–H and O–H groups in total. The van der Waals surface area contributed by atoms with Gasteiger partial charge < -0.3 is 9.64 Å². The van der Waals surface area contributed by atoms with Crippen LogP contribution in [0.4, 0.5) is 0 Å². The zero-order chi connectivity index (χ0) is 15.5. The van der Waals surface area contributed by atoms with Crippen molar-refractivity contribution in [1.29, 1.82) is 0 Å². The predicted octanol–water partition coefficient (Wildman–Crippen LogP) is 2.78. The number of methoxy groups -OCH3 is 1. The molecule has 21 heavy (non-hydrogen) atoms. The zero-order valence-electron chi connectivity index (χ0n) is 14.2. The van der Waals surface area contributed by atoms with Crippen LogP contribution in [0.5, 0.6) is 0 Å². The molecule has 1 saturated heterocycles. The summed E-state index contributed by atoms with van der Waals surface area (Å²) in [6, 6.07) is 0.0276. The van der Waals surface area contributed by atoms with Crippen LogP contribution in [-0.2, 0) is 9.53 Å². The topological polar surface area (TPSA) is 41.6 Å². The number of carbonyl (C=O) groups is 1. The van der Waals surface area contributed by atoms with Gasteiger partial charge in [-0.1, -0.05) is 27.2 Å². The molecular formula is C17H32N2O2. The predicted molar refractivity (Wildman–Crippen MR) is 84.9 cm³/mol. The number of hydrogen-bond donors (Lipinski definition) is 1. The molecule has 2 rings (SSSR count). The van der Waals surface area contributed by atoms with E-state index in [4.69, 9.17) is 4.74 Å². The van der Waals surface area contributed by atoms with Crippen molar-refractivity contribution in [3.8, 4) is 0 Å². The van der Waals surface area contributed by atoms with Gasteiger partial charge in [0.1, 0.15) is 0 Å². The molecule has 122 valence electrons. The quantitative estimate of drug-likeness (QED) is 0.711. The van der Waals surface area contributed by atoms with Crippen molar-refractivity contribution < 1.29 is 9.53 Å². The van der Waals surface area contributed by atoms with Crippen molar-refractivity contribution in [1.82, 2.24) is 10.2 Å². The summed E-state index contributed by atoms with van der Waals surface area (Å²) >= 11 is 0. The molecular weight excluding hydrogens is 264 g/mol. The first-order valence-corrected chi connectivity index (χ1v) is 8.57. The molecule has 2 atom stereocenters. The third kappa shape index (κ3) is 4.19. The van der Waals surface area contributed by atoms with Gasteiger partial charge in [0.25, 0.3) is 0 Å². The van der Waals surface area contributed by atoms with Crippen LogP contribution in [0.15, 0.2) is 0 Å². The summed E-state index contributed by atoms with van der Waals surface area (Å²) in [7, 11) is 1.76. The number of nitrogens with one attached hydrogen (secondary N) is 1. The van der Waals surface area contributed by atoms with Crippen LogP contribution >= 0.6 is 0 Å². The van der Waals surface area contributed by atoms with Gasteiger partial charge in [-0.3, -0.25) is 10.1 Å². The minimum absolute atomic E-state index is 0.0276. The van der Waals surface area contributed by atoms with Crippen molar-refractivity contribution in [2.75, 3.05) is 20.3 Å². The first-order chi connectivity index (χ1) is 10.0. The minimum Gasteiger partial charge on any atom is -0.385 e. The van der Waals surface area contributed by atoms with E-state index in [9.17, 15) is 4.79 Å². The molecule has 2 fully saturated rings. The van der Waals surface area contributed by atoms with Gasteiger partial charge in [-0.15, -0.1) is 0 Å². The summed E-state index contributed by atoms with van der Waals surface area (Å²) in [6.07, 6.45) is 6.93. The van der Waals surface area contributed by atoms with Gasteiger partial charge in [-0.2, -0.15) is 0 Å². The summed E-state index contributed by atoms with van der Waals surface area (Å²) in [4.78, 5) is 14.9. The number of carbonyl (C=O) groups excluding carboxylic acids is 1. The van der Waals surface area contributed by atoms with Crippen LogP contribution in [0.3, 0.4) is 0 Å². The summed E-state index contributed by atoms with van der Waals surface area (Å²) in [6.45, 7) is 8.30. The molecule has 1 heterocycles. The number of amides is 1. The molecule has 1 aliphatic heterocycles. The number of rotatable bonds is 9. The smallest absolute Gasteiger partial charge is 0.241 e. The fourth-order valence-corrected chi connectivity index (χ4v) is 3.43. The van der Waals surface area contributed by atoms with Crippen LogP contribution in [0.25, 0.3) is 0 Å². The Kier molecular flexibility index (Phi) is 5.67. The molecule has 0 aromatic rings. The van der Waals surface area contributed by atoms with E-state index in [1.807, 2.05) is 0 Å². The van der Waals surface area contributed by atoms with Crippen LogP contribution in [0.1, 0.15) is 59.3 Å². The number of nitrogens with zero attached hydrogens (tertiary/aromatic N) is 1. The molecule has 2 aliphatic rings. The highest BCUT2D eigenvalue weighted by Gasteiger charge is 2.48. The molecule has 1 amide bonds. The molecule has 2 unspecified atom stereocenters. The highest BCUT2D eigenvalue weighted by Crippen LogP contribution is 2.50. The van der Waals surface area contributed by atoms with Crippen LogP contribution in [-0.4, -0.2) is 43.3 Å². The normalized spacial score (nSPS) is 27.7. The van der Waals surface area contributed by atoms with Crippen LogP contribution in [0.2, 0.25) is 0 Å². The van der Waals surface area contributed by atoms with Crippen molar-refractivity contribution >= 4 is 5.91 Å². The van der Waals surface area contributed by atoms with Crippen LogP contribution < -0.4 is 5.32 Å². The van der Waals surface area contributed by atoms with E-state index in [1.54, 1.807) is 7.11 Å². The number of hydrogen-bond acceptors (Lipinski definition) is 3. The highest BCUT2D eigenvalue weighted by atomic mass is 16.5. The fourth-order valence-electron chi connectivity index (χ4n) is 3.43. The van der Waals surface area contributed by atoms with Crippen molar-refractivity contribution in [3.05, 3.63) is 0 Å². The Balaban J connectivity index is 1.99. The van der Waals surface area contributed by atoms with Gasteiger partial charge >= 0.3 is 0 Å². The van der Waals surface area contributed by atoms with E-state index < -0.39 is 0 Å². The van der Waals surface area contributed by atoms with Gasteiger partial charge in [-0.05, 0) is 43.4 Å². The van der Waals surface area contributed by atoms with Crippen molar-refractivity contribution in [2.24, 2.45) is 11.3 Å². The SMILES string of the molecule is CCCC1NC(CC(C)C)C(=O)N1CC1(CCOC)CC1. The van der Waals surface area contributed by atoms with E-state index in [-0.39, 0.29) is 12.2 Å². The lowest BCUT2D eigenvalue weighted by molar-refractivity contribution is -0.131. The second-order valence-corrected chi connectivity index (χ2v) is 7.36. The first kappa shape index (κ1) is 16.8. The van der Waals surface area contributed by atoms with Gasteiger partial charge in [0.15, 0.2) is 0 Å². The average molecular weight is 296 g/mol. The summed E-state index contributed by atoms with van der Waals surface area (Å²) in [5, 5.41) is 3.57. The van der Waals surface area contributed by atoms with Gasteiger partial charge in [-0.25, -0.2) is 0 Å². The van der Waals surface area contributed by atoms with Gasteiger partial charge in [0, 0.05) is 20.3 Å². The summed E-state index contributed by atoms with van der Waals surface area (Å²) in [5.41, 5.74) is 0.339. The molecule has 0 radical (unpaired) electrons. The maximum Gasteiger partial charge on any atom is 0.241 e. The molecule has 0 spiro atoms. The minimum atomic E-state index is 0.0276. The van der Waals surface area contributed by atoms with E-state index in [2.05, 4.69) is 31.0 Å². The summed E-state index contributed by atoms with van der Waals surface area (Å²) < 4.78 is 5.24. The fraction of sp³-hybridized carbons (Fsp3) is 0.941. The Bertz CT molecular complexity index is 353. The molecule has 0 aromatic heterocycles. The van der Waals surface area contributed by atoms with Crippen LogP contribution in [0, 0.1) is 11.3 Å². The molecule has 4 heteroatoms. The molecule has 1 aliphatic carbocycles. The first-order valence-electron chi connectivity index (χ1n) is 8.57. The monoisotopic (exact) mass is 296 g/mol. The Labute approximate surface area is 129 Å². The second-order valence-electron chi connectivity index (χ2n) is 7.36. The zero-order valence-corrected chi connectivity index (χ0v) is 14.2. The van der Waals surface area contributed by atoms with E-state index in [0.29, 0.717) is 17.2 Å². The average Bonchev–Trinajstić information content (AvgIpc) is 3.14. The van der Waals surface area contributed by atoms with E-state index in [1.165, 1.54) is 12.8 Å². The molecule has 0 aromatic carbocycles. The number of ether oxygens (including phenoxy) is 1. The van der Waals surface area contributed by atoms with E-state index in [0.717, 1.165) is 38.8 Å². The molecule has 0 bridgehead atoms. The van der Waals surface area contributed by atoms with Gasteiger partial charge in [0.2, 0.25) is 5.91 Å². The lowest BCUT2D eigenvalue weighted by atomic mass is 10.0. The Morgan fingerprint density at radius 1 is 1.43 bits per heavy atom. The maximum atomic E-state index is 12.7. The summed E-state index contributed by atoms with van der Waals surface area (Å²) in [5.74, 6) is 0.878. The lowest BCUT2D eigenvalue weighted by Gasteiger charge is -2.28. The Morgan fingerprint density at radius 2 is 2.14 bits per heavy atom. The second kappa shape index (κ2) is 7.10. The van der Waals surface area contributed by atoms with Gasteiger partial charge in [0.05, 0.1) is 12.2 Å². The Hall–Kier alpha value is -0.610. The Morgan fingerprint density at radius 3 is 2.67 bits per heavy atom. The molecule has 1 saturated carbocycles. The largest absolute Gasteiger partial charge is 0.385 e. The lowest BCUT2D eigenvalue weighted by Crippen LogP contribution is -2.41. The highest BCUT2D eigenvalue weighted by molar-refractivity contribution is 5.84. The van der Waals surface area contributed by atoms with Crippen molar-refractivity contribution in [3.63, 3.8) is 0 Å². The third-order valence-electron chi connectivity index (χ3n) is 4.92. The third-order valence-corrected chi connectivity index (χ3v) is 4.92. The van der Waals surface area contributed by atoms with Crippen molar-refractivity contribution in [2.45, 2.75) is 71.5 Å². The molecule has 4 nitrogen and oxygen atoms in total. The standard InChI is InChI=1S/C17H32N2O2/c1-5-6-15-18-14(11-13(2)3)16(20)19(15)12-17(7-8-17)9-10-21-4/h13-15,18H,5-12H2,1-4H3.